The first-order valence-electron chi connectivity index (χ1n) is 5.53. The largest absolute Gasteiger partial charge is 0.471 e. The van der Waals surface area contributed by atoms with Crippen molar-refractivity contribution in [1.29, 1.82) is 0 Å². The molecule has 0 bridgehead atoms. The minimum Gasteiger partial charge on any atom is -0.471 e. The molecule has 1 aromatic heterocycles. The fraction of sp³-hybridized carbons (Fsp3) is 0.385. The van der Waals surface area contributed by atoms with Crippen LogP contribution in [0.15, 0.2) is 24.5 Å². The van der Waals surface area contributed by atoms with E-state index in [0.29, 0.717) is 5.88 Å². The minimum absolute atomic E-state index is 0.00933. The van der Waals surface area contributed by atoms with Gasteiger partial charge in [0.05, 0.1) is 17.5 Å². The molecule has 4 nitrogen and oxygen atoms in total. The third-order valence-electron chi connectivity index (χ3n) is 2.25. The predicted molar refractivity (Wildman–Crippen MR) is 65.8 cm³/mol. The van der Waals surface area contributed by atoms with Gasteiger partial charge < -0.3 is 9.84 Å². The van der Waals surface area contributed by atoms with Crippen molar-refractivity contribution in [2.75, 3.05) is 0 Å². The molecule has 17 heavy (non-hydrogen) atoms. The SMILES string of the molecule is CC(C)(C)Oc1ncnc2cc(CO)ccc12. The van der Waals surface area contributed by atoms with Crippen LogP contribution in [0.25, 0.3) is 10.9 Å². The van der Waals surface area contributed by atoms with E-state index in [9.17, 15) is 0 Å². The van der Waals surface area contributed by atoms with E-state index >= 15 is 0 Å². The summed E-state index contributed by atoms with van der Waals surface area (Å²) in [5.41, 5.74) is 1.32. The summed E-state index contributed by atoms with van der Waals surface area (Å²) in [7, 11) is 0. The zero-order chi connectivity index (χ0) is 12.5. The summed E-state index contributed by atoms with van der Waals surface area (Å²) in [6.45, 7) is 5.94. The van der Waals surface area contributed by atoms with Crippen LogP contribution in [-0.2, 0) is 6.61 Å². The van der Waals surface area contributed by atoms with Crippen molar-refractivity contribution >= 4 is 10.9 Å². The molecule has 1 N–H and O–H groups in total. The molecule has 4 heteroatoms. The van der Waals surface area contributed by atoms with Crippen LogP contribution in [0.1, 0.15) is 26.3 Å². The molecule has 0 radical (unpaired) electrons. The van der Waals surface area contributed by atoms with Gasteiger partial charge in [-0.25, -0.2) is 9.97 Å². The maximum absolute atomic E-state index is 9.08. The molecule has 0 fully saturated rings. The fourth-order valence-electron chi connectivity index (χ4n) is 1.55. The van der Waals surface area contributed by atoms with E-state index in [1.165, 1.54) is 6.33 Å². The average Bonchev–Trinajstić information content (AvgIpc) is 2.26. The first-order valence-corrected chi connectivity index (χ1v) is 5.53. The van der Waals surface area contributed by atoms with Crippen molar-refractivity contribution in [3.63, 3.8) is 0 Å². The van der Waals surface area contributed by atoms with Crippen molar-refractivity contribution in [1.82, 2.24) is 9.97 Å². The number of rotatable bonds is 2. The molecule has 0 aliphatic heterocycles. The van der Waals surface area contributed by atoms with Gasteiger partial charge in [0.25, 0.3) is 0 Å². The zero-order valence-corrected chi connectivity index (χ0v) is 10.3. The number of aliphatic hydroxyl groups is 1. The molecule has 0 atom stereocenters. The van der Waals surface area contributed by atoms with Crippen molar-refractivity contribution in [3.05, 3.63) is 30.1 Å². The van der Waals surface area contributed by atoms with Gasteiger partial charge in [0, 0.05) is 0 Å². The number of fused-ring (bicyclic) bond motifs is 1. The van der Waals surface area contributed by atoms with Crippen LogP contribution in [0.3, 0.4) is 0 Å². The number of benzene rings is 1. The lowest BCUT2D eigenvalue weighted by Gasteiger charge is -2.21. The Hall–Kier alpha value is -1.68. The van der Waals surface area contributed by atoms with Crippen LogP contribution in [0.4, 0.5) is 0 Å². The fourth-order valence-corrected chi connectivity index (χ4v) is 1.55. The van der Waals surface area contributed by atoms with Crippen LogP contribution in [0, 0.1) is 0 Å². The second-order valence-electron chi connectivity index (χ2n) is 4.90. The standard InChI is InChI=1S/C13H16N2O2/c1-13(2,3)17-12-10-5-4-9(7-16)6-11(10)14-8-15-12/h4-6,8,16H,7H2,1-3H3. The van der Waals surface area contributed by atoms with Crippen LogP contribution < -0.4 is 4.74 Å². The Morgan fingerprint density at radius 1 is 1.24 bits per heavy atom. The highest BCUT2D eigenvalue weighted by Crippen LogP contribution is 2.25. The number of hydrogen-bond acceptors (Lipinski definition) is 4. The summed E-state index contributed by atoms with van der Waals surface area (Å²) in [6.07, 6.45) is 1.48. The quantitative estimate of drug-likeness (QED) is 0.863. The third-order valence-corrected chi connectivity index (χ3v) is 2.25. The van der Waals surface area contributed by atoms with Crippen LogP contribution >= 0.6 is 0 Å². The Labute approximate surface area is 100 Å². The van der Waals surface area contributed by atoms with E-state index in [0.717, 1.165) is 16.5 Å². The maximum atomic E-state index is 9.08. The molecular formula is C13H16N2O2. The summed E-state index contributed by atoms with van der Waals surface area (Å²) in [6, 6.07) is 5.57. The first kappa shape index (κ1) is 11.8. The van der Waals surface area contributed by atoms with Gasteiger partial charge in [0.1, 0.15) is 11.9 Å². The molecule has 0 unspecified atom stereocenters. The Bertz CT molecular complexity index is 532. The monoisotopic (exact) mass is 232 g/mol. The van der Waals surface area contributed by atoms with E-state index in [2.05, 4.69) is 9.97 Å². The molecule has 90 valence electrons. The molecule has 0 aliphatic carbocycles. The van der Waals surface area contributed by atoms with E-state index < -0.39 is 0 Å². The van der Waals surface area contributed by atoms with Gasteiger partial charge in [-0.1, -0.05) is 6.07 Å². The van der Waals surface area contributed by atoms with Crippen molar-refractivity contribution < 1.29 is 9.84 Å². The molecule has 1 aromatic carbocycles. The third kappa shape index (κ3) is 2.71. The first-order chi connectivity index (χ1) is 7.99. The summed E-state index contributed by atoms with van der Waals surface area (Å²) < 4.78 is 5.77. The smallest absolute Gasteiger partial charge is 0.224 e. The highest BCUT2D eigenvalue weighted by molar-refractivity contribution is 5.83. The molecule has 1 heterocycles. The zero-order valence-electron chi connectivity index (χ0n) is 10.3. The normalized spacial score (nSPS) is 11.8. The Morgan fingerprint density at radius 2 is 2.00 bits per heavy atom. The summed E-state index contributed by atoms with van der Waals surface area (Å²) >= 11 is 0. The molecule has 2 aromatic rings. The molecule has 2 rings (SSSR count). The summed E-state index contributed by atoms with van der Waals surface area (Å²) in [4.78, 5) is 8.33. The highest BCUT2D eigenvalue weighted by Gasteiger charge is 2.15. The van der Waals surface area contributed by atoms with Gasteiger partial charge in [0.15, 0.2) is 0 Å². The lowest BCUT2D eigenvalue weighted by atomic mass is 10.1. The number of ether oxygens (including phenoxy) is 1. The molecule has 0 saturated carbocycles. The average molecular weight is 232 g/mol. The van der Waals surface area contributed by atoms with Gasteiger partial charge in [-0.15, -0.1) is 0 Å². The number of nitrogens with zero attached hydrogens (tertiary/aromatic N) is 2. The molecule has 0 aliphatic rings. The topological polar surface area (TPSA) is 55.2 Å². The number of hydrogen-bond donors (Lipinski definition) is 1. The van der Waals surface area contributed by atoms with Crippen LogP contribution in [-0.4, -0.2) is 20.7 Å². The lowest BCUT2D eigenvalue weighted by molar-refractivity contribution is 0.126. The molecular weight excluding hydrogens is 216 g/mol. The minimum atomic E-state index is -0.295. The summed E-state index contributed by atoms with van der Waals surface area (Å²) in [5.74, 6) is 0.576. The van der Waals surface area contributed by atoms with Crippen molar-refractivity contribution in [2.24, 2.45) is 0 Å². The molecule has 0 spiro atoms. The maximum Gasteiger partial charge on any atom is 0.224 e. The molecule has 0 saturated heterocycles. The highest BCUT2D eigenvalue weighted by atomic mass is 16.5. The van der Waals surface area contributed by atoms with Crippen molar-refractivity contribution in [3.8, 4) is 5.88 Å². The van der Waals surface area contributed by atoms with Gasteiger partial charge in [-0.05, 0) is 38.5 Å². The second-order valence-corrected chi connectivity index (χ2v) is 4.90. The van der Waals surface area contributed by atoms with Gasteiger partial charge in [-0.2, -0.15) is 0 Å². The van der Waals surface area contributed by atoms with Gasteiger partial charge in [-0.3, -0.25) is 0 Å². The summed E-state index contributed by atoms with van der Waals surface area (Å²) in [5, 5.41) is 9.94. The van der Waals surface area contributed by atoms with E-state index in [1.54, 1.807) is 0 Å². The number of aromatic nitrogens is 2. The van der Waals surface area contributed by atoms with E-state index in [1.807, 2.05) is 39.0 Å². The van der Waals surface area contributed by atoms with E-state index in [4.69, 9.17) is 9.84 Å². The van der Waals surface area contributed by atoms with Crippen LogP contribution in [0.2, 0.25) is 0 Å². The van der Waals surface area contributed by atoms with Gasteiger partial charge in [0.2, 0.25) is 5.88 Å². The lowest BCUT2D eigenvalue weighted by Crippen LogP contribution is -2.23. The number of aliphatic hydroxyl groups excluding tert-OH is 1. The Kier molecular flexibility index (Phi) is 2.98. The predicted octanol–water partition coefficient (Wildman–Crippen LogP) is 2.30. The Balaban J connectivity index is 2.51. The van der Waals surface area contributed by atoms with Crippen molar-refractivity contribution in [2.45, 2.75) is 33.0 Å². The van der Waals surface area contributed by atoms with Crippen LogP contribution in [0.5, 0.6) is 5.88 Å². The molecule has 0 amide bonds. The Morgan fingerprint density at radius 3 is 2.65 bits per heavy atom. The second kappa shape index (κ2) is 4.30. The van der Waals surface area contributed by atoms with Gasteiger partial charge >= 0.3 is 0 Å². The van der Waals surface area contributed by atoms with E-state index in [-0.39, 0.29) is 12.2 Å².